The predicted molar refractivity (Wildman–Crippen MR) is 151 cm³/mol. The summed E-state index contributed by atoms with van der Waals surface area (Å²) in [6.45, 7) is -1.20. The molecule has 1 unspecified atom stereocenters. The number of aliphatic hydroxyl groups excluding tert-OH is 1. The SMILES string of the molecule is O=C(O)C(CO)NCc1cc([N+](=O)[O-])c(OCc2cccc(-c3ccccc3)c2F)cc1OCc1ccc2nonc2c1. The highest BCUT2D eigenvalue weighted by Gasteiger charge is 2.23. The normalized spacial score (nSPS) is 11.8. The molecule has 43 heavy (non-hydrogen) atoms. The van der Waals surface area contributed by atoms with Gasteiger partial charge in [-0.05, 0) is 33.6 Å². The first-order valence-corrected chi connectivity index (χ1v) is 13.0. The molecule has 4 aromatic carbocycles. The smallest absolute Gasteiger partial charge is 0.323 e. The summed E-state index contributed by atoms with van der Waals surface area (Å²) in [7, 11) is 0. The van der Waals surface area contributed by atoms with Gasteiger partial charge >= 0.3 is 11.7 Å². The zero-order valence-corrected chi connectivity index (χ0v) is 22.5. The first-order valence-electron chi connectivity index (χ1n) is 13.0. The lowest BCUT2D eigenvalue weighted by Crippen LogP contribution is -2.39. The minimum Gasteiger partial charge on any atom is -0.488 e. The van der Waals surface area contributed by atoms with Crippen LogP contribution in [-0.2, 0) is 24.6 Å². The molecule has 1 atom stereocenters. The van der Waals surface area contributed by atoms with Gasteiger partial charge in [-0.2, -0.15) is 0 Å². The number of ether oxygens (including phenoxy) is 2. The molecule has 0 aliphatic heterocycles. The molecule has 0 fully saturated rings. The van der Waals surface area contributed by atoms with Crippen molar-refractivity contribution in [1.82, 2.24) is 15.6 Å². The van der Waals surface area contributed by atoms with Gasteiger partial charge in [0.25, 0.3) is 0 Å². The fourth-order valence-corrected chi connectivity index (χ4v) is 4.35. The Bertz CT molecular complexity index is 1760. The number of aliphatic hydroxyl groups is 1. The maximum Gasteiger partial charge on any atom is 0.323 e. The molecule has 12 nitrogen and oxygen atoms in total. The number of nitro groups is 1. The number of aromatic nitrogens is 2. The number of halogens is 1. The van der Waals surface area contributed by atoms with Gasteiger partial charge in [0.15, 0.2) is 0 Å². The maximum absolute atomic E-state index is 15.4. The lowest BCUT2D eigenvalue weighted by Gasteiger charge is -2.17. The summed E-state index contributed by atoms with van der Waals surface area (Å²) in [5, 5.41) is 40.9. The molecule has 0 radical (unpaired) electrons. The van der Waals surface area contributed by atoms with Crippen LogP contribution in [0.2, 0.25) is 0 Å². The van der Waals surface area contributed by atoms with Gasteiger partial charge in [0.1, 0.15) is 41.9 Å². The highest BCUT2D eigenvalue weighted by atomic mass is 19.1. The van der Waals surface area contributed by atoms with Crippen molar-refractivity contribution >= 4 is 22.7 Å². The molecular weight excluding hydrogens is 563 g/mol. The highest BCUT2D eigenvalue weighted by molar-refractivity contribution is 5.74. The largest absolute Gasteiger partial charge is 0.488 e. The van der Waals surface area contributed by atoms with Crippen molar-refractivity contribution < 1.29 is 38.4 Å². The highest BCUT2D eigenvalue weighted by Crippen LogP contribution is 2.36. The van der Waals surface area contributed by atoms with Gasteiger partial charge in [-0.1, -0.05) is 54.6 Å². The number of fused-ring (bicyclic) bond motifs is 1. The number of carboxylic acid groups (broad SMARTS) is 1. The second-order valence-corrected chi connectivity index (χ2v) is 9.45. The number of hydrogen-bond acceptors (Lipinski definition) is 10. The molecule has 1 aromatic heterocycles. The molecule has 0 saturated carbocycles. The lowest BCUT2D eigenvalue weighted by atomic mass is 10.0. The molecule has 13 heteroatoms. The average Bonchev–Trinajstić information content (AvgIpc) is 3.48. The third-order valence-electron chi connectivity index (χ3n) is 6.62. The molecule has 0 aliphatic carbocycles. The van der Waals surface area contributed by atoms with Crippen LogP contribution < -0.4 is 14.8 Å². The van der Waals surface area contributed by atoms with Gasteiger partial charge in [-0.15, -0.1) is 0 Å². The fraction of sp³-hybridized carbons (Fsp3) is 0.167. The van der Waals surface area contributed by atoms with E-state index in [2.05, 4.69) is 15.6 Å². The van der Waals surface area contributed by atoms with Gasteiger partial charge in [0, 0.05) is 35.4 Å². The van der Waals surface area contributed by atoms with Crippen molar-refractivity contribution in [2.45, 2.75) is 25.8 Å². The number of benzene rings is 4. The summed E-state index contributed by atoms with van der Waals surface area (Å²) in [5.41, 5.74) is 2.75. The Balaban J connectivity index is 1.44. The zero-order valence-electron chi connectivity index (χ0n) is 22.5. The number of rotatable bonds is 13. The number of aliphatic carboxylic acids is 1. The average molecular weight is 589 g/mol. The van der Waals surface area contributed by atoms with Crippen molar-refractivity contribution in [1.29, 1.82) is 0 Å². The topological polar surface area (TPSA) is 170 Å². The van der Waals surface area contributed by atoms with E-state index in [4.69, 9.17) is 14.1 Å². The van der Waals surface area contributed by atoms with E-state index in [1.54, 1.807) is 54.6 Å². The Hall–Kier alpha value is -5.40. The van der Waals surface area contributed by atoms with E-state index in [0.29, 0.717) is 27.7 Å². The first-order chi connectivity index (χ1) is 20.8. The van der Waals surface area contributed by atoms with Crippen LogP contribution in [0, 0.1) is 15.9 Å². The van der Waals surface area contributed by atoms with Gasteiger partial charge in [0.05, 0.1) is 11.5 Å². The molecular formula is C30H25FN4O8. The fourth-order valence-electron chi connectivity index (χ4n) is 4.35. The number of carbonyl (C=O) groups is 1. The second-order valence-electron chi connectivity index (χ2n) is 9.45. The van der Waals surface area contributed by atoms with Gasteiger partial charge in [-0.25, -0.2) is 9.02 Å². The van der Waals surface area contributed by atoms with Crippen molar-refractivity contribution in [2.24, 2.45) is 0 Å². The summed E-state index contributed by atoms with van der Waals surface area (Å²) in [5.74, 6) is -1.85. The zero-order chi connectivity index (χ0) is 30.3. The number of nitro benzene ring substituents is 1. The Labute approximate surface area is 243 Å². The predicted octanol–water partition coefficient (Wildman–Crippen LogP) is 4.63. The van der Waals surface area contributed by atoms with Crippen LogP contribution >= 0.6 is 0 Å². The number of hydrogen-bond donors (Lipinski definition) is 3. The first kappa shape index (κ1) is 29.1. The molecule has 0 bridgehead atoms. The standard InChI is InChI=1S/C30H25FN4O8/c31-29-20(7-4-8-22(29)19-5-2-1-3-6-19)17-42-28-13-27(41-16-18-9-10-23-24(11-18)34-43-33-23)21(12-26(28)35(39)40)14-32-25(15-36)30(37)38/h1-13,25,32,36H,14-17H2,(H,37,38). The number of nitrogens with zero attached hydrogens (tertiary/aromatic N) is 3. The van der Waals surface area contributed by atoms with E-state index in [1.807, 2.05) is 6.07 Å². The molecule has 0 spiro atoms. The van der Waals surface area contributed by atoms with Crippen LogP contribution in [-0.4, -0.2) is 44.1 Å². The molecule has 5 aromatic rings. The second kappa shape index (κ2) is 13.1. The van der Waals surface area contributed by atoms with E-state index in [1.165, 1.54) is 18.2 Å². The van der Waals surface area contributed by atoms with Gasteiger partial charge < -0.3 is 19.7 Å². The number of carboxylic acids is 1. The van der Waals surface area contributed by atoms with E-state index in [9.17, 15) is 25.1 Å². The Kier molecular flexibility index (Phi) is 8.84. The minimum absolute atomic E-state index is 0.00313. The summed E-state index contributed by atoms with van der Waals surface area (Å²) in [4.78, 5) is 22.7. The summed E-state index contributed by atoms with van der Waals surface area (Å²) < 4.78 is 31.9. The van der Waals surface area contributed by atoms with Crippen LogP contribution in [0.15, 0.2) is 83.5 Å². The molecule has 0 aliphatic rings. The van der Waals surface area contributed by atoms with Gasteiger partial charge in [0.2, 0.25) is 5.75 Å². The van der Waals surface area contributed by atoms with E-state index in [0.717, 1.165) is 0 Å². The van der Waals surface area contributed by atoms with Crippen LogP contribution in [0.4, 0.5) is 10.1 Å². The van der Waals surface area contributed by atoms with Crippen molar-refractivity contribution in [3.05, 3.63) is 111 Å². The Morgan fingerprint density at radius 2 is 1.72 bits per heavy atom. The van der Waals surface area contributed by atoms with E-state index >= 15 is 4.39 Å². The van der Waals surface area contributed by atoms with Crippen LogP contribution in [0.3, 0.4) is 0 Å². The monoisotopic (exact) mass is 588 g/mol. The van der Waals surface area contributed by atoms with Crippen molar-refractivity contribution in [3.8, 4) is 22.6 Å². The van der Waals surface area contributed by atoms with Crippen LogP contribution in [0.1, 0.15) is 16.7 Å². The van der Waals surface area contributed by atoms with E-state index < -0.39 is 35.0 Å². The lowest BCUT2D eigenvalue weighted by molar-refractivity contribution is -0.386. The molecule has 220 valence electrons. The minimum atomic E-state index is -1.32. The molecule has 5 rings (SSSR count). The third kappa shape index (κ3) is 6.74. The quantitative estimate of drug-likeness (QED) is 0.129. The Morgan fingerprint density at radius 3 is 2.47 bits per heavy atom. The molecule has 1 heterocycles. The van der Waals surface area contributed by atoms with Crippen molar-refractivity contribution in [3.63, 3.8) is 0 Å². The molecule has 0 amide bonds. The molecule has 3 N–H and O–H groups in total. The molecule has 0 saturated heterocycles. The summed E-state index contributed by atoms with van der Waals surface area (Å²) in [6.07, 6.45) is 0. The van der Waals surface area contributed by atoms with Crippen molar-refractivity contribution in [2.75, 3.05) is 6.61 Å². The maximum atomic E-state index is 15.4. The van der Waals surface area contributed by atoms with E-state index in [-0.39, 0.29) is 42.4 Å². The summed E-state index contributed by atoms with van der Waals surface area (Å²) in [6, 6.07) is 20.1. The number of nitrogens with one attached hydrogen (secondary N) is 1. The summed E-state index contributed by atoms with van der Waals surface area (Å²) >= 11 is 0. The Morgan fingerprint density at radius 1 is 0.953 bits per heavy atom. The van der Waals surface area contributed by atoms with Gasteiger partial charge in [-0.3, -0.25) is 20.2 Å². The van der Waals surface area contributed by atoms with Crippen LogP contribution in [0.25, 0.3) is 22.2 Å². The third-order valence-corrected chi connectivity index (χ3v) is 6.62. The van der Waals surface area contributed by atoms with Crippen LogP contribution in [0.5, 0.6) is 11.5 Å².